The second kappa shape index (κ2) is 10.8. The lowest BCUT2D eigenvalue weighted by Crippen LogP contribution is -2.48. The molecule has 9 heteroatoms. The molecule has 0 aliphatic carbocycles. The summed E-state index contributed by atoms with van der Waals surface area (Å²) in [7, 11) is 0. The van der Waals surface area contributed by atoms with Gasteiger partial charge in [0.05, 0.1) is 6.26 Å². The second-order valence-electron chi connectivity index (χ2n) is 6.21. The van der Waals surface area contributed by atoms with E-state index in [0.29, 0.717) is 11.4 Å². The van der Waals surface area contributed by atoms with Crippen LogP contribution >= 0.6 is 12.2 Å². The molecule has 0 saturated carbocycles. The van der Waals surface area contributed by atoms with Crippen LogP contribution in [-0.2, 0) is 14.4 Å². The Hall–Kier alpha value is -3.46. The zero-order valence-electron chi connectivity index (χ0n) is 16.1. The number of hydrogen-bond acceptors (Lipinski definition) is 5. The largest absolute Gasteiger partial charge is 0.465 e. The quantitative estimate of drug-likeness (QED) is 0.328. The summed E-state index contributed by atoms with van der Waals surface area (Å²) in [6.07, 6.45) is 4.17. The van der Waals surface area contributed by atoms with Gasteiger partial charge in [-0.05, 0) is 55.9 Å². The Morgan fingerprint density at radius 3 is 2.52 bits per heavy atom. The topological polar surface area (TPSA) is 112 Å². The Balaban J connectivity index is 1.66. The molecular formula is C20H22N4O4S. The number of amides is 3. The third kappa shape index (κ3) is 7.97. The molecule has 0 atom stereocenters. The molecule has 2 aromatic rings. The molecule has 29 heavy (non-hydrogen) atoms. The van der Waals surface area contributed by atoms with Crippen molar-refractivity contribution >= 4 is 46.8 Å². The molecule has 0 radical (unpaired) electrons. The third-order valence-corrected chi connectivity index (χ3v) is 3.93. The highest BCUT2D eigenvalue weighted by Crippen LogP contribution is 2.16. The molecule has 152 valence electrons. The maximum absolute atomic E-state index is 12.0. The van der Waals surface area contributed by atoms with Crippen molar-refractivity contribution in [2.24, 2.45) is 0 Å². The fourth-order valence-corrected chi connectivity index (χ4v) is 2.46. The van der Waals surface area contributed by atoms with Gasteiger partial charge in [0.1, 0.15) is 5.76 Å². The molecule has 0 saturated heterocycles. The summed E-state index contributed by atoms with van der Waals surface area (Å²) in [5.41, 5.74) is 7.50. The van der Waals surface area contributed by atoms with Gasteiger partial charge in [-0.1, -0.05) is 17.7 Å². The van der Waals surface area contributed by atoms with Gasteiger partial charge in [0.15, 0.2) is 5.11 Å². The van der Waals surface area contributed by atoms with E-state index < -0.39 is 11.8 Å². The van der Waals surface area contributed by atoms with Crippen LogP contribution in [0, 0.1) is 13.8 Å². The van der Waals surface area contributed by atoms with Crippen LogP contribution in [0.3, 0.4) is 0 Å². The summed E-state index contributed by atoms with van der Waals surface area (Å²) < 4.78 is 5.06. The molecule has 2 rings (SSSR count). The van der Waals surface area contributed by atoms with Crippen molar-refractivity contribution in [3.63, 3.8) is 0 Å². The number of hydrazine groups is 1. The van der Waals surface area contributed by atoms with Crippen LogP contribution in [0.4, 0.5) is 5.69 Å². The Morgan fingerprint density at radius 1 is 1.07 bits per heavy atom. The maximum atomic E-state index is 12.0. The van der Waals surface area contributed by atoms with Crippen molar-refractivity contribution < 1.29 is 18.8 Å². The molecule has 0 unspecified atom stereocenters. The average Bonchev–Trinajstić information content (AvgIpc) is 3.19. The summed E-state index contributed by atoms with van der Waals surface area (Å²) in [4.78, 5) is 35.5. The van der Waals surface area contributed by atoms with Crippen molar-refractivity contribution in [3.8, 4) is 0 Å². The molecule has 0 bridgehead atoms. The number of benzene rings is 1. The van der Waals surface area contributed by atoms with Crippen LogP contribution < -0.4 is 21.5 Å². The minimum Gasteiger partial charge on any atom is -0.465 e. The maximum Gasteiger partial charge on any atom is 0.250 e. The first-order valence-corrected chi connectivity index (χ1v) is 9.23. The lowest BCUT2D eigenvalue weighted by molar-refractivity contribution is -0.124. The minimum absolute atomic E-state index is 0.00579. The van der Waals surface area contributed by atoms with Crippen LogP contribution in [0.5, 0.6) is 0 Å². The van der Waals surface area contributed by atoms with E-state index in [1.54, 1.807) is 12.1 Å². The zero-order chi connectivity index (χ0) is 21.2. The van der Waals surface area contributed by atoms with E-state index in [1.807, 2.05) is 32.0 Å². The number of thiocarbonyl (C=S) groups is 1. The fraction of sp³-hybridized carbons (Fsp3) is 0.200. The van der Waals surface area contributed by atoms with Gasteiger partial charge in [-0.25, -0.2) is 0 Å². The highest BCUT2D eigenvalue weighted by molar-refractivity contribution is 7.80. The number of carbonyl (C=O) groups excluding carboxylic acids is 3. The first kappa shape index (κ1) is 21.8. The highest BCUT2D eigenvalue weighted by atomic mass is 32.1. The molecular weight excluding hydrogens is 392 g/mol. The number of anilines is 1. The molecule has 8 nitrogen and oxygen atoms in total. The Labute approximate surface area is 173 Å². The lowest BCUT2D eigenvalue weighted by atomic mass is 10.1. The average molecular weight is 414 g/mol. The van der Waals surface area contributed by atoms with Gasteiger partial charge >= 0.3 is 0 Å². The van der Waals surface area contributed by atoms with E-state index in [-0.39, 0.29) is 23.9 Å². The standard InChI is InChI=1S/C20H22N4O4S/c1-13-5-7-16(14(2)12-13)21-17(25)9-10-19(27)23-24-20(29)22-18(26)8-6-15-4-3-11-28-15/h3-8,11-12H,9-10H2,1-2H3,(H,21,25)(H,23,27)(H2,22,24,26,29). The van der Waals surface area contributed by atoms with Crippen molar-refractivity contribution in [1.29, 1.82) is 0 Å². The molecule has 1 aromatic carbocycles. The van der Waals surface area contributed by atoms with Crippen molar-refractivity contribution in [3.05, 3.63) is 59.6 Å². The van der Waals surface area contributed by atoms with Crippen LogP contribution in [0.1, 0.15) is 29.7 Å². The highest BCUT2D eigenvalue weighted by Gasteiger charge is 2.09. The van der Waals surface area contributed by atoms with E-state index in [9.17, 15) is 14.4 Å². The number of rotatable bonds is 6. The van der Waals surface area contributed by atoms with E-state index in [1.165, 1.54) is 18.4 Å². The van der Waals surface area contributed by atoms with Crippen LogP contribution in [0.2, 0.25) is 0 Å². The summed E-state index contributed by atoms with van der Waals surface area (Å²) in [6.45, 7) is 3.87. The number of nitrogens with one attached hydrogen (secondary N) is 4. The van der Waals surface area contributed by atoms with Gasteiger partial charge < -0.3 is 9.73 Å². The molecule has 0 fully saturated rings. The zero-order valence-corrected chi connectivity index (χ0v) is 16.9. The van der Waals surface area contributed by atoms with Gasteiger partial charge in [-0.2, -0.15) is 0 Å². The van der Waals surface area contributed by atoms with Gasteiger partial charge in [0.2, 0.25) is 17.7 Å². The van der Waals surface area contributed by atoms with Crippen molar-refractivity contribution in [1.82, 2.24) is 16.2 Å². The normalized spacial score (nSPS) is 10.4. The predicted molar refractivity (Wildman–Crippen MR) is 114 cm³/mol. The van der Waals surface area contributed by atoms with E-state index in [0.717, 1.165) is 11.1 Å². The van der Waals surface area contributed by atoms with Crippen LogP contribution in [0.15, 0.2) is 47.1 Å². The van der Waals surface area contributed by atoms with Crippen molar-refractivity contribution in [2.45, 2.75) is 26.7 Å². The summed E-state index contributed by atoms with van der Waals surface area (Å²) in [6, 6.07) is 9.08. The van der Waals surface area contributed by atoms with Gasteiger partial charge in [-0.15, -0.1) is 0 Å². The smallest absolute Gasteiger partial charge is 0.250 e. The third-order valence-electron chi connectivity index (χ3n) is 3.73. The number of aryl methyl sites for hydroxylation is 2. The molecule has 4 N–H and O–H groups in total. The fourth-order valence-electron chi connectivity index (χ4n) is 2.31. The Kier molecular flexibility index (Phi) is 8.11. The monoisotopic (exact) mass is 414 g/mol. The number of hydrogen-bond donors (Lipinski definition) is 4. The van der Waals surface area contributed by atoms with Gasteiger partial charge in [0.25, 0.3) is 0 Å². The summed E-state index contributed by atoms with van der Waals surface area (Å²) in [5, 5.41) is 5.06. The van der Waals surface area contributed by atoms with E-state index in [4.69, 9.17) is 16.6 Å². The summed E-state index contributed by atoms with van der Waals surface area (Å²) >= 11 is 4.92. The predicted octanol–water partition coefficient (Wildman–Crippen LogP) is 2.35. The van der Waals surface area contributed by atoms with Gasteiger partial charge in [0, 0.05) is 24.6 Å². The second-order valence-corrected chi connectivity index (χ2v) is 6.62. The molecule has 0 spiro atoms. The number of carbonyl (C=O) groups is 3. The number of furan rings is 1. The molecule has 0 aliphatic heterocycles. The lowest BCUT2D eigenvalue weighted by Gasteiger charge is -2.11. The first-order chi connectivity index (χ1) is 13.8. The first-order valence-electron chi connectivity index (χ1n) is 8.82. The molecule has 0 aliphatic rings. The Bertz CT molecular complexity index is 923. The summed E-state index contributed by atoms with van der Waals surface area (Å²) in [5.74, 6) is -0.679. The molecule has 1 heterocycles. The van der Waals surface area contributed by atoms with E-state index in [2.05, 4.69) is 21.5 Å². The molecule has 1 aromatic heterocycles. The van der Waals surface area contributed by atoms with Crippen molar-refractivity contribution in [2.75, 3.05) is 5.32 Å². The Morgan fingerprint density at radius 2 is 1.83 bits per heavy atom. The van der Waals surface area contributed by atoms with E-state index >= 15 is 0 Å². The van der Waals surface area contributed by atoms with Gasteiger partial charge in [-0.3, -0.25) is 30.6 Å². The minimum atomic E-state index is -0.485. The SMILES string of the molecule is Cc1ccc(NC(=O)CCC(=O)NNC(=S)NC(=O)C=Cc2ccco2)c(C)c1. The molecule has 3 amide bonds. The van der Waals surface area contributed by atoms with Crippen LogP contribution in [0.25, 0.3) is 6.08 Å². The van der Waals surface area contributed by atoms with Crippen LogP contribution in [-0.4, -0.2) is 22.8 Å².